The predicted molar refractivity (Wildman–Crippen MR) is 66.4 cm³/mol. The van der Waals surface area contributed by atoms with Crippen molar-refractivity contribution in [3.05, 3.63) is 28.3 Å². The molecule has 0 N–H and O–H groups in total. The highest BCUT2D eigenvalue weighted by Gasteiger charge is 2.15. The van der Waals surface area contributed by atoms with Gasteiger partial charge in [0.25, 0.3) is 0 Å². The zero-order valence-electron chi connectivity index (χ0n) is 9.38. The molecule has 0 spiro atoms. The Balaban J connectivity index is 3.10. The highest BCUT2D eigenvalue weighted by molar-refractivity contribution is 9.08. The van der Waals surface area contributed by atoms with E-state index in [2.05, 4.69) is 25.4 Å². The predicted octanol–water partition coefficient (Wildman–Crippen LogP) is 3.55. The minimum absolute atomic E-state index is 0.0579. The molecular weight excluding hydrogens is 333 g/mol. The Morgan fingerprint density at radius 1 is 1.50 bits per heavy atom. The molecule has 0 fully saturated rings. The summed E-state index contributed by atoms with van der Waals surface area (Å²) in [5.41, 5.74) is 1.13. The van der Waals surface area contributed by atoms with E-state index >= 15 is 0 Å². The molecule has 1 rings (SSSR count). The molecule has 3 nitrogen and oxygen atoms in total. The Bertz CT molecular complexity index is 441. The van der Waals surface area contributed by atoms with Crippen LogP contribution in [0.2, 0.25) is 5.02 Å². The maximum Gasteiger partial charge on any atom is 0.387 e. The largest absolute Gasteiger partial charge is 0.469 e. The fourth-order valence-corrected chi connectivity index (χ4v) is 2.49. The van der Waals surface area contributed by atoms with Gasteiger partial charge in [-0.1, -0.05) is 27.5 Å². The Kier molecular flexibility index (Phi) is 5.81. The molecule has 18 heavy (non-hydrogen) atoms. The van der Waals surface area contributed by atoms with E-state index in [4.69, 9.17) is 11.6 Å². The van der Waals surface area contributed by atoms with Crippen LogP contribution in [0.1, 0.15) is 11.1 Å². The quantitative estimate of drug-likeness (QED) is 0.606. The summed E-state index contributed by atoms with van der Waals surface area (Å²) in [5, 5.41) is 0.650. The molecule has 0 aliphatic heterocycles. The first-order chi connectivity index (χ1) is 8.47. The SMILES string of the molecule is COC(=O)Cc1cc(OC(F)F)cc(Cl)c1CBr. The Morgan fingerprint density at radius 3 is 2.67 bits per heavy atom. The van der Waals surface area contributed by atoms with Crippen LogP contribution in [0.15, 0.2) is 12.1 Å². The van der Waals surface area contributed by atoms with Gasteiger partial charge in [0.2, 0.25) is 0 Å². The molecule has 0 radical (unpaired) electrons. The second-order valence-corrected chi connectivity index (χ2v) is 4.28. The van der Waals surface area contributed by atoms with Crippen molar-refractivity contribution < 1.29 is 23.0 Å². The van der Waals surface area contributed by atoms with Crippen molar-refractivity contribution in [1.29, 1.82) is 0 Å². The number of ether oxygens (including phenoxy) is 2. The van der Waals surface area contributed by atoms with E-state index in [-0.39, 0.29) is 17.2 Å². The van der Waals surface area contributed by atoms with Crippen LogP contribution < -0.4 is 4.74 Å². The number of hydrogen-bond acceptors (Lipinski definition) is 3. The lowest BCUT2D eigenvalue weighted by molar-refractivity contribution is -0.139. The summed E-state index contributed by atoms with van der Waals surface area (Å²) < 4.78 is 33.1. The number of methoxy groups -OCH3 is 1. The highest BCUT2D eigenvalue weighted by atomic mass is 79.9. The van der Waals surface area contributed by atoms with Crippen LogP contribution in [-0.4, -0.2) is 19.7 Å². The van der Waals surface area contributed by atoms with Crippen molar-refractivity contribution in [3.8, 4) is 5.75 Å². The molecule has 0 saturated heterocycles. The molecule has 1 aromatic carbocycles. The number of hydrogen-bond donors (Lipinski definition) is 0. The van der Waals surface area contributed by atoms with Gasteiger partial charge in [0, 0.05) is 10.4 Å². The minimum Gasteiger partial charge on any atom is -0.469 e. The lowest BCUT2D eigenvalue weighted by Crippen LogP contribution is -2.08. The third-order valence-electron chi connectivity index (χ3n) is 2.18. The average Bonchev–Trinajstić information content (AvgIpc) is 2.27. The Morgan fingerprint density at radius 2 is 2.17 bits per heavy atom. The first-order valence-corrected chi connectivity index (χ1v) is 6.36. The van der Waals surface area contributed by atoms with E-state index in [1.165, 1.54) is 19.2 Å². The first kappa shape index (κ1) is 15.2. The lowest BCUT2D eigenvalue weighted by Gasteiger charge is -2.12. The van der Waals surface area contributed by atoms with E-state index < -0.39 is 12.6 Å². The molecule has 7 heteroatoms. The molecule has 1 aromatic rings. The summed E-state index contributed by atoms with van der Waals surface area (Å²) in [4.78, 5) is 11.2. The van der Waals surface area contributed by atoms with Crippen molar-refractivity contribution in [2.24, 2.45) is 0 Å². The van der Waals surface area contributed by atoms with Crippen molar-refractivity contribution >= 4 is 33.5 Å². The van der Waals surface area contributed by atoms with Crippen LogP contribution in [-0.2, 0) is 21.3 Å². The number of rotatable bonds is 5. The van der Waals surface area contributed by atoms with E-state index in [0.717, 1.165) is 0 Å². The van der Waals surface area contributed by atoms with Crippen LogP contribution in [0, 0.1) is 0 Å². The van der Waals surface area contributed by atoms with Crippen LogP contribution in [0.3, 0.4) is 0 Å². The van der Waals surface area contributed by atoms with E-state index in [0.29, 0.717) is 16.5 Å². The van der Waals surface area contributed by atoms with Crippen LogP contribution in [0.4, 0.5) is 8.78 Å². The van der Waals surface area contributed by atoms with E-state index in [9.17, 15) is 13.6 Å². The summed E-state index contributed by atoms with van der Waals surface area (Å²) in [7, 11) is 1.25. The summed E-state index contributed by atoms with van der Waals surface area (Å²) >= 11 is 9.16. The molecule has 0 aromatic heterocycles. The van der Waals surface area contributed by atoms with Gasteiger partial charge >= 0.3 is 12.6 Å². The Hall–Kier alpha value is -0.880. The highest BCUT2D eigenvalue weighted by Crippen LogP contribution is 2.30. The second kappa shape index (κ2) is 6.89. The zero-order chi connectivity index (χ0) is 13.7. The van der Waals surface area contributed by atoms with Crippen molar-refractivity contribution in [3.63, 3.8) is 0 Å². The van der Waals surface area contributed by atoms with Gasteiger partial charge in [-0.3, -0.25) is 4.79 Å². The molecular formula is C11H10BrClF2O3. The number of carbonyl (C=O) groups excluding carboxylic acids is 1. The number of benzene rings is 1. The smallest absolute Gasteiger partial charge is 0.387 e. The maximum atomic E-state index is 12.1. The fraction of sp³-hybridized carbons (Fsp3) is 0.364. The van der Waals surface area contributed by atoms with Crippen molar-refractivity contribution in [1.82, 2.24) is 0 Å². The maximum absolute atomic E-state index is 12.1. The third kappa shape index (κ3) is 4.10. The molecule has 100 valence electrons. The summed E-state index contributed by atoms with van der Waals surface area (Å²) in [6, 6.07) is 2.64. The molecule has 0 aliphatic carbocycles. The fourth-order valence-electron chi connectivity index (χ4n) is 1.37. The van der Waals surface area contributed by atoms with E-state index in [1.807, 2.05) is 0 Å². The molecule has 0 bridgehead atoms. The van der Waals surface area contributed by atoms with Gasteiger partial charge in [-0.05, 0) is 23.3 Å². The van der Waals surface area contributed by atoms with Crippen LogP contribution in [0.5, 0.6) is 5.75 Å². The standard InChI is InChI=1S/C11H10BrClF2O3/c1-17-10(16)3-6-2-7(18-11(14)15)4-9(13)8(6)5-12/h2,4,11H,3,5H2,1H3. The lowest BCUT2D eigenvalue weighted by atomic mass is 10.1. The molecule has 0 aliphatic rings. The van der Waals surface area contributed by atoms with Gasteiger partial charge in [0.15, 0.2) is 0 Å². The second-order valence-electron chi connectivity index (χ2n) is 3.31. The monoisotopic (exact) mass is 342 g/mol. The van der Waals surface area contributed by atoms with Crippen LogP contribution >= 0.6 is 27.5 Å². The summed E-state index contributed by atoms with van der Waals surface area (Å²) in [5.74, 6) is -0.568. The van der Waals surface area contributed by atoms with Crippen LogP contribution in [0.25, 0.3) is 0 Å². The molecule has 0 atom stereocenters. The van der Waals surface area contributed by atoms with Gasteiger partial charge in [-0.25, -0.2) is 0 Å². The van der Waals surface area contributed by atoms with Gasteiger partial charge in [0.05, 0.1) is 13.5 Å². The molecule has 0 unspecified atom stereocenters. The topological polar surface area (TPSA) is 35.5 Å². The number of halogens is 4. The van der Waals surface area contributed by atoms with Gasteiger partial charge in [-0.2, -0.15) is 8.78 Å². The summed E-state index contributed by atoms with van der Waals surface area (Å²) in [6.45, 7) is -2.94. The molecule has 0 heterocycles. The zero-order valence-corrected chi connectivity index (χ0v) is 11.7. The number of alkyl halides is 3. The average molecular weight is 344 g/mol. The number of esters is 1. The molecule has 0 amide bonds. The van der Waals surface area contributed by atoms with Gasteiger partial charge < -0.3 is 9.47 Å². The Labute approximate surface area is 116 Å². The minimum atomic E-state index is -2.94. The third-order valence-corrected chi connectivity index (χ3v) is 3.08. The first-order valence-electron chi connectivity index (χ1n) is 4.86. The van der Waals surface area contributed by atoms with E-state index in [1.54, 1.807) is 0 Å². The summed E-state index contributed by atoms with van der Waals surface area (Å²) in [6.07, 6.45) is -0.0579. The van der Waals surface area contributed by atoms with Gasteiger partial charge in [-0.15, -0.1) is 0 Å². The molecule has 0 saturated carbocycles. The number of carbonyl (C=O) groups is 1. The normalized spacial score (nSPS) is 10.6. The van der Waals surface area contributed by atoms with Crippen molar-refractivity contribution in [2.45, 2.75) is 18.4 Å². The van der Waals surface area contributed by atoms with Gasteiger partial charge in [0.1, 0.15) is 5.75 Å². The van der Waals surface area contributed by atoms with Crippen molar-refractivity contribution in [2.75, 3.05) is 7.11 Å².